The van der Waals surface area contributed by atoms with Crippen LogP contribution in [0.4, 0.5) is 4.79 Å². The maximum Gasteiger partial charge on any atom is 0.522 e. The van der Waals surface area contributed by atoms with Crippen LogP contribution in [0.3, 0.4) is 0 Å². The van der Waals surface area contributed by atoms with Gasteiger partial charge in [0.1, 0.15) is 29.2 Å². The van der Waals surface area contributed by atoms with Crippen LogP contribution in [0.5, 0.6) is 11.5 Å². The van der Waals surface area contributed by atoms with Gasteiger partial charge in [-0.1, -0.05) is 6.07 Å². The smallest absolute Gasteiger partial charge is 0.522 e. The third-order valence-electron chi connectivity index (χ3n) is 4.60. The van der Waals surface area contributed by atoms with Gasteiger partial charge in [0.15, 0.2) is 0 Å². The van der Waals surface area contributed by atoms with Gasteiger partial charge in [-0.25, -0.2) is 9.59 Å². The molecule has 2 heterocycles. The van der Waals surface area contributed by atoms with Crippen LogP contribution in [-0.2, 0) is 11.2 Å². The first kappa shape index (κ1) is 19.8. The minimum atomic E-state index is -1.23. The van der Waals surface area contributed by atoms with Crippen molar-refractivity contribution in [1.29, 1.82) is 0 Å². The van der Waals surface area contributed by atoms with Crippen molar-refractivity contribution in [3.8, 4) is 11.5 Å². The fraction of sp³-hybridized carbons (Fsp3) is 0.438. The molecule has 7 N–H and O–H groups in total. The summed E-state index contributed by atoms with van der Waals surface area (Å²) in [5.41, 5.74) is 11.2. The predicted octanol–water partition coefficient (Wildman–Crippen LogP) is -1.61. The van der Waals surface area contributed by atoms with Crippen LogP contribution in [0.15, 0.2) is 12.1 Å². The Labute approximate surface area is 160 Å². The number of hydrogen-bond acceptors (Lipinski definition) is 7. The lowest BCUT2D eigenvalue weighted by Crippen LogP contribution is -2.61. The maximum absolute atomic E-state index is 12.2. The average Bonchev–Trinajstić information content (AvgIpc) is 2.60. The Morgan fingerprint density at radius 3 is 2.75 bits per heavy atom. The van der Waals surface area contributed by atoms with Gasteiger partial charge in [-0.05, 0) is 24.4 Å². The van der Waals surface area contributed by atoms with Gasteiger partial charge < -0.3 is 41.2 Å². The number of carbonyl (C=O) groups excluding carboxylic acids is 2. The fourth-order valence-electron chi connectivity index (χ4n) is 3.12. The molecule has 0 unspecified atom stereocenters. The molecule has 3 amide bonds. The first-order valence-electron chi connectivity index (χ1n) is 8.74. The molecule has 1 atom stereocenters. The van der Waals surface area contributed by atoms with Crippen LogP contribution in [-0.4, -0.2) is 71.8 Å². The number of nitrogens with one attached hydrogen (secondary N) is 1. The molecular formula is C16H21BN4O7. The summed E-state index contributed by atoms with van der Waals surface area (Å²) in [5.74, 6) is -1.38. The number of aryl methyl sites for hydroxylation is 1. The molecule has 11 nitrogen and oxygen atoms in total. The van der Waals surface area contributed by atoms with E-state index < -0.39 is 31.3 Å². The van der Waals surface area contributed by atoms with E-state index in [1.165, 1.54) is 4.90 Å². The number of nitrogens with two attached hydrogens (primary N) is 2. The van der Waals surface area contributed by atoms with E-state index in [9.17, 15) is 24.5 Å². The SMILES string of the molecule is NC(=O)NC[C@@H](N)C(=O)N1CC(Oc2ccc3c(c2C(=O)O)OB(O)CC3)C1. The van der Waals surface area contributed by atoms with Gasteiger partial charge in [-0.2, -0.15) is 0 Å². The van der Waals surface area contributed by atoms with E-state index in [0.717, 1.165) is 0 Å². The number of primary amides is 1. The lowest BCUT2D eigenvalue weighted by molar-refractivity contribution is -0.141. The van der Waals surface area contributed by atoms with Gasteiger partial charge in [0, 0.05) is 6.54 Å². The highest BCUT2D eigenvalue weighted by atomic mass is 16.5. The predicted molar refractivity (Wildman–Crippen MR) is 97.1 cm³/mol. The molecule has 2 aliphatic heterocycles. The topological polar surface area (TPSA) is 177 Å². The lowest BCUT2D eigenvalue weighted by Gasteiger charge is -2.40. The van der Waals surface area contributed by atoms with E-state index >= 15 is 0 Å². The molecule has 2 aliphatic rings. The summed E-state index contributed by atoms with van der Waals surface area (Å²) in [6, 6.07) is 1.56. The summed E-state index contributed by atoms with van der Waals surface area (Å²) in [5, 5.41) is 21.5. The third-order valence-corrected chi connectivity index (χ3v) is 4.60. The van der Waals surface area contributed by atoms with Gasteiger partial charge in [0.25, 0.3) is 0 Å². The van der Waals surface area contributed by atoms with Crippen LogP contribution in [0, 0.1) is 0 Å². The molecule has 0 aromatic heterocycles. The molecule has 1 aromatic rings. The molecule has 0 saturated carbocycles. The number of carboxylic acid groups (broad SMARTS) is 1. The van der Waals surface area contributed by atoms with E-state index in [2.05, 4.69) is 5.32 Å². The van der Waals surface area contributed by atoms with Gasteiger partial charge in [0.2, 0.25) is 5.91 Å². The first-order chi connectivity index (χ1) is 13.3. The Morgan fingerprint density at radius 1 is 1.39 bits per heavy atom. The Kier molecular flexibility index (Phi) is 5.61. The summed E-state index contributed by atoms with van der Waals surface area (Å²) in [7, 11) is -1.06. The van der Waals surface area contributed by atoms with Crippen LogP contribution in [0.2, 0.25) is 6.32 Å². The van der Waals surface area contributed by atoms with Crippen molar-refractivity contribution in [2.45, 2.75) is 24.9 Å². The number of aromatic carboxylic acids is 1. The normalized spacial score (nSPS) is 17.1. The van der Waals surface area contributed by atoms with E-state index in [1.54, 1.807) is 12.1 Å². The molecule has 150 valence electrons. The zero-order valence-corrected chi connectivity index (χ0v) is 15.0. The Morgan fingerprint density at radius 2 is 2.11 bits per heavy atom. The number of nitrogens with zero attached hydrogens (tertiary/aromatic N) is 1. The average molecular weight is 392 g/mol. The van der Waals surface area contributed by atoms with Gasteiger partial charge >= 0.3 is 19.1 Å². The number of rotatable bonds is 6. The summed E-state index contributed by atoms with van der Waals surface area (Å²) in [6.07, 6.45) is 0.474. The molecule has 0 aliphatic carbocycles. The summed E-state index contributed by atoms with van der Waals surface area (Å²) in [6.45, 7) is 0.370. The van der Waals surface area contributed by atoms with E-state index in [4.69, 9.17) is 20.9 Å². The minimum Gasteiger partial charge on any atom is -0.535 e. The first-order valence-corrected chi connectivity index (χ1v) is 8.74. The fourth-order valence-corrected chi connectivity index (χ4v) is 3.12. The highest BCUT2D eigenvalue weighted by Gasteiger charge is 2.36. The monoisotopic (exact) mass is 392 g/mol. The third kappa shape index (κ3) is 4.12. The number of likely N-dealkylation sites (tertiary alicyclic amines) is 1. The quantitative estimate of drug-likeness (QED) is 0.359. The molecule has 0 radical (unpaired) electrons. The second kappa shape index (κ2) is 7.94. The summed E-state index contributed by atoms with van der Waals surface area (Å²) < 4.78 is 11.0. The molecule has 3 rings (SSSR count). The maximum atomic E-state index is 12.2. The van der Waals surface area contributed by atoms with Crippen LogP contribution < -0.4 is 26.2 Å². The molecule has 28 heavy (non-hydrogen) atoms. The van der Waals surface area contributed by atoms with Crippen LogP contribution in [0.1, 0.15) is 15.9 Å². The summed E-state index contributed by atoms with van der Waals surface area (Å²) in [4.78, 5) is 36.0. The molecule has 0 bridgehead atoms. The molecule has 1 aromatic carbocycles. The summed E-state index contributed by atoms with van der Waals surface area (Å²) >= 11 is 0. The number of fused-ring (bicyclic) bond motifs is 1. The van der Waals surface area contributed by atoms with Crippen LogP contribution >= 0.6 is 0 Å². The van der Waals surface area contributed by atoms with Crippen molar-refractivity contribution >= 4 is 25.0 Å². The molecule has 0 spiro atoms. The number of ether oxygens (including phenoxy) is 1. The zero-order chi connectivity index (χ0) is 20.4. The number of carboxylic acids is 1. The number of amides is 3. The van der Waals surface area contributed by atoms with E-state index in [1.807, 2.05) is 0 Å². The number of benzene rings is 1. The minimum absolute atomic E-state index is 0.0795. The Hall–Kier alpha value is -2.99. The lowest BCUT2D eigenvalue weighted by atomic mass is 9.78. The van der Waals surface area contributed by atoms with Crippen molar-refractivity contribution in [3.05, 3.63) is 23.3 Å². The molecule has 12 heteroatoms. The number of hydrogen-bond donors (Lipinski definition) is 5. The van der Waals surface area contributed by atoms with Gasteiger partial charge in [0.05, 0.1) is 13.1 Å². The Bertz CT molecular complexity index is 799. The van der Waals surface area contributed by atoms with Gasteiger partial charge in [-0.15, -0.1) is 0 Å². The second-order valence-corrected chi connectivity index (χ2v) is 6.68. The highest BCUT2D eigenvalue weighted by Crippen LogP contribution is 2.37. The number of urea groups is 1. The van der Waals surface area contributed by atoms with Crippen molar-refractivity contribution in [2.24, 2.45) is 11.5 Å². The molecular weight excluding hydrogens is 371 g/mol. The highest BCUT2D eigenvalue weighted by molar-refractivity contribution is 6.44. The zero-order valence-electron chi connectivity index (χ0n) is 15.0. The van der Waals surface area contributed by atoms with Crippen molar-refractivity contribution < 1.29 is 33.9 Å². The second-order valence-electron chi connectivity index (χ2n) is 6.68. The number of carbonyl (C=O) groups is 3. The van der Waals surface area contributed by atoms with E-state index in [-0.39, 0.29) is 42.6 Å². The van der Waals surface area contributed by atoms with Crippen molar-refractivity contribution in [1.82, 2.24) is 10.2 Å². The van der Waals surface area contributed by atoms with Crippen molar-refractivity contribution in [3.63, 3.8) is 0 Å². The van der Waals surface area contributed by atoms with Crippen molar-refractivity contribution in [2.75, 3.05) is 19.6 Å². The van der Waals surface area contributed by atoms with Gasteiger partial charge in [-0.3, -0.25) is 4.79 Å². The van der Waals surface area contributed by atoms with Crippen LogP contribution in [0.25, 0.3) is 0 Å². The standard InChI is InChI=1S/C16H21BN4O7/c18-10(5-20-16(19)25)14(22)21-6-9(7-21)27-11-2-1-8-3-4-17(26)28-13(8)12(11)15(23)24/h1-2,9-10,26H,3-7,18H2,(H,23,24)(H3,19,20,25)/t10-/m1/s1. The molecule has 1 saturated heterocycles. The Balaban J connectivity index is 1.63. The van der Waals surface area contributed by atoms with E-state index in [0.29, 0.717) is 18.3 Å². The largest absolute Gasteiger partial charge is 0.535 e. The molecule has 1 fully saturated rings.